The van der Waals surface area contributed by atoms with Crippen molar-refractivity contribution in [1.29, 1.82) is 0 Å². The van der Waals surface area contributed by atoms with Crippen LogP contribution in [0.1, 0.15) is 19.8 Å². The van der Waals surface area contributed by atoms with Crippen molar-refractivity contribution in [3.05, 3.63) is 23.3 Å². The number of alkyl halides is 1. The maximum Gasteiger partial charge on any atom is 0.147 e. The largest absolute Gasteiger partial charge is 0.222 e. The molecule has 0 bridgehead atoms. The molecule has 2 rings (SSSR count). The number of hydrogen-bond acceptors (Lipinski definition) is 0. The molecule has 1 fully saturated rings. The van der Waals surface area contributed by atoms with Gasteiger partial charge in [-0.15, -0.1) is 11.6 Å². The van der Waals surface area contributed by atoms with Gasteiger partial charge in [0.2, 0.25) is 0 Å². The van der Waals surface area contributed by atoms with E-state index < -0.39 is 11.0 Å². The highest BCUT2D eigenvalue weighted by Gasteiger charge is 2.58. The average molecular weight is 218 g/mol. The smallest absolute Gasteiger partial charge is 0.147 e. The number of hydrogen-bond donors (Lipinski definition) is 0. The molecule has 0 heterocycles. The Morgan fingerprint density at radius 2 is 2.15 bits per heavy atom. The molecule has 0 spiro atoms. The van der Waals surface area contributed by atoms with Gasteiger partial charge in [-0.1, -0.05) is 18.5 Å². The van der Waals surface area contributed by atoms with Gasteiger partial charge in [-0.05, 0) is 31.1 Å². The maximum atomic E-state index is 12.4. The summed E-state index contributed by atoms with van der Waals surface area (Å²) in [6, 6.07) is 0. The van der Waals surface area contributed by atoms with Gasteiger partial charge in [-0.3, -0.25) is 0 Å². The van der Waals surface area contributed by atoms with E-state index >= 15 is 0 Å². The van der Waals surface area contributed by atoms with E-state index in [1.54, 1.807) is 18.2 Å². The molecular weight excluding hydrogens is 207 g/mol. The molecule has 0 aromatic carbocycles. The van der Waals surface area contributed by atoms with Gasteiger partial charge in [0.05, 0.1) is 5.38 Å². The summed E-state index contributed by atoms with van der Waals surface area (Å²) in [5, 5.41) is 12.4. The summed E-state index contributed by atoms with van der Waals surface area (Å²) in [6.07, 6.45) is 6.86. The molecule has 2 unspecified atom stereocenters. The standard InChI is InChI=1S/C10H11Cl2O/c1-9(4-5-9)10(13)3-2-7(11)6-8(10)12/h2-3,6,8H,4-5H2,1H3. The van der Waals surface area contributed by atoms with E-state index in [9.17, 15) is 5.11 Å². The van der Waals surface area contributed by atoms with E-state index in [-0.39, 0.29) is 5.41 Å². The van der Waals surface area contributed by atoms with Crippen molar-refractivity contribution >= 4 is 23.2 Å². The summed E-state index contributed by atoms with van der Waals surface area (Å²) < 4.78 is 0. The molecule has 71 valence electrons. The fraction of sp³-hybridized carbons (Fsp3) is 0.600. The zero-order valence-electron chi connectivity index (χ0n) is 7.39. The Hall–Kier alpha value is 0.0200. The SMILES string of the molecule is CC1(C2([O])C=CC(Cl)=CC2Cl)CC1. The van der Waals surface area contributed by atoms with Crippen LogP contribution in [0.4, 0.5) is 0 Å². The van der Waals surface area contributed by atoms with Crippen LogP contribution in [0.25, 0.3) is 0 Å². The Morgan fingerprint density at radius 1 is 1.54 bits per heavy atom. The summed E-state index contributed by atoms with van der Waals surface area (Å²) >= 11 is 11.8. The topological polar surface area (TPSA) is 19.9 Å². The zero-order valence-corrected chi connectivity index (χ0v) is 8.90. The fourth-order valence-electron chi connectivity index (χ4n) is 1.73. The Bertz CT molecular complexity index is 291. The quantitative estimate of drug-likeness (QED) is 0.602. The van der Waals surface area contributed by atoms with Gasteiger partial charge in [0, 0.05) is 10.4 Å². The molecule has 0 N–H and O–H groups in total. The second-order valence-corrected chi connectivity index (χ2v) is 5.05. The van der Waals surface area contributed by atoms with Crippen LogP contribution >= 0.6 is 23.2 Å². The highest BCUT2D eigenvalue weighted by Crippen LogP contribution is 2.57. The predicted octanol–water partition coefficient (Wildman–Crippen LogP) is 3.26. The number of allylic oxidation sites excluding steroid dienone is 2. The van der Waals surface area contributed by atoms with Crippen LogP contribution in [0.15, 0.2) is 23.3 Å². The van der Waals surface area contributed by atoms with Crippen molar-refractivity contribution < 1.29 is 5.11 Å². The molecule has 0 saturated heterocycles. The third-order valence-corrected chi connectivity index (χ3v) is 3.85. The lowest BCUT2D eigenvalue weighted by Gasteiger charge is -2.33. The van der Waals surface area contributed by atoms with E-state index in [2.05, 4.69) is 0 Å². The van der Waals surface area contributed by atoms with Crippen LogP contribution in [-0.4, -0.2) is 11.0 Å². The molecule has 0 aliphatic heterocycles. The van der Waals surface area contributed by atoms with Crippen LogP contribution in [0.2, 0.25) is 0 Å². The van der Waals surface area contributed by atoms with Crippen molar-refractivity contribution in [2.75, 3.05) is 0 Å². The van der Waals surface area contributed by atoms with E-state index in [4.69, 9.17) is 23.2 Å². The number of halogens is 2. The van der Waals surface area contributed by atoms with Crippen LogP contribution in [0.5, 0.6) is 0 Å². The maximum absolute atomic E-state index is 12.4. The Labute approximate surface area is 88.0 Å². The molecule has 3 heteroatoms. The summed E-state index contributed by atoms with van der Waals surface area (Å²) in [7, 11) is 0. The van der Waals surface area contributed by atoms with Gasteiger partial charge >= 0.3 is 0 Å². The highest BCUT2D eigenvalue weighted by atomic mass is 35.5. The lowest BCUT2D eigenvalue weighted by Crippen LogP contribution is -2.43. The van der Waals surface area contributed by atoms with Gasteiger partial charge < -0.3 is 0 Å². The normalized spacial score (nSPS) is 41.5. The third kappa shape index (κ3) is 1.34. The van der Waals surface area contributed by atoms with Crippen LogP contribution in [-0.2, 0) is 5.11 Å². The summed E-state index contributed by atoms with van der Waals surface area (Å²) in [6.45, 7) is 1.99. The number of rotatable bonds is 1. The van der Waals surface area contributed by atoms with Crippen LogP contribution in [0.3, 0.4) is 0 Å². The van der Waals surface area contributed by atoms with Crippen molar-refractivity contribution in [2.45, 2.75) is 30.7 Å². The molecule has 1 nitrogen and oxygen atoms in total. The molecule has 1 radical (unpaired) electrons. The van der Waals surface area contributed by atoms with E-state index in [1.165, 1.54) is 0 Å². The minimum atomic E-state index is -1.16. The minimum absolute atomic E-state index is 0.163. The average Bonchev–Trinajstić information content (AvgIpc) is 2.78. The van der Waals surface area contributed by atoms with E-state index in [0.29, 0.717) is 5.03 Å². The predicted molar refractivity (Wildman–Crippen MR) is 53.5 cm³/mol. The first-order chi connectivity index (χ1) is 5.98. The van der Waals surface area contributed by atoms with Crippen molar-refractivity contribution in [3.8, 4) is 0 Å². The molecular formula is C10H11Cl2O. The molecule has 2 atom stereocenters. The van der Waals surface area contributed by atoms with Gasteiger partial charge in [0.15, 0.2) is 0 Å². The van der Waals surface area contributed by atoms with Gasteiger partial charge in [0.1, 0.15) is 5.60 Å². The molecule has 0 aromatic heterocycles. The Kier molecular flexibility index (Phi) is 2.03. The van der Waals surface area contributed by atoms with Crippen LogP contribution < -0.4 is 0 Å². The monoisotopic (exact) mass is 217 g/mol. The minimum Gasteiger partial charge on any atom is -0.222 e. The van der Waals surface area contributed by atoms with Crippen molar-refractivity contribution in [2.24, 2.45) is 5.41 Å². The third-order valence-electron chi connectivity index (χ3n) is 3.15. The molecule has 0 amide bonds. The Morgan fingerprint density at radius 3 is 2.62 bits per heavy atom. The lowest BCUT2D eigenvalue weighted by molar-refractivity contribution is -0.0382. The second-order valence-electron chi connectivity index (χ2n) is 4.14. The van der Waals surface area contributed by atoms with Gasteiger partial charge in [0.25, 0.3) is 0 Å². The highest BCUT2D eigenvalue weighted by molar-refractivity contribution is 6.32. The molecule has 13 heavy (non-hydrogen) atoms. The molecule has 2 aliphatic rings. The molecule has 0 aromatic rings. The van der Waals surface area contributed by atoms with Crippen LogP contribution in [0, 0.1) is 5.41 Å². The molecule has 2 aliphatic carbocycles. The fourth-order valence-corrected chi connectivity index (χ4v) is 2.45. The first kappa shape index (κ1) is 9.57. The van der Waals surface area contributed by atoms with Crippen molar-refractivity contribution in [3.63, 3.8) is 0 Å². The first-order valence-corrected chi connectivity index (χ1v) is 5.20. The zero-order chi connectivity index (χ0) is 9.69. The lowest BCUT2D eigenvalue weighted by atomic mass is 9.80. The first-order valence-electron chi connectivity index (χ1n) is 4.39. The van der Waals surface area contributed by atoms with Gasteiger partial charge in [-0.2, -0.15) is 0 Å². The van der Waals surface area contributed by atoms with Crippen molar-refractivity contribution in [1.82, 2.24) is 0 Å². The summed E-state index contributed by atoms with van der Waals surface area (Å²) in [5.41, 5.74) is -1.32. The Balaban J connectivity index is 2.30. The second kappa shape index (κ2) is 2.75. The summed E-state index contributed by atoms with van der Waals surface area (Å²) in [4.78, 5) is 0. The summed E-state index contributed by atoms with van der Waals surface area (Å²) in [5.74, 6) is 0. The van der Waals surface area contributed by atoms with Gasteiger partial charge in [-0.25, -0.2) is 5.11 Å². The van der Waals surface area contributed by atoms with E-state index in [0.717, 1.165) is 12.8 Å². The molecule has 1 saturated carbocycles. The van der Waals surface area contributed by atoms with E-state index in [1.807, 2.05) is 6.92 Å².